The summed E-state index contributed by atoms with van der Waals surface area (Å²) in [5, 5.41) is 0. The summed E-state index contributed by atoms with van der Waals surface area (Å²) in [7, 11) is 3.41. The predicted octanol–water partition coefficient (Wildman–Crippen LogP) is 2.32. The third kappa shape index (κ3) is 2.28. The van der Waals surface area contributed by atoms with Gasteiger partial charge >= 0.3 is 0 Å². The molecule has 6 heteroatoms. The van der Waals surface area contributed by atoms with Gasteiger partial charge in [0.1, 0.15) is 11.3 Å². The van der Waals surface area contributed by atoms with Crippen LogP contribution in [-0.4, -0.2) is 34.5 Å². The molecule has 1 N–H and O–H groups in total. The highest BCUT2D eigenvalue weighted by Gasteiger charge is 2.10. The number of carbonyl (C=O) groups excluding carboxylic acids is 1. The van der Waals surface area contributed by atoms with Gasteiger partial charge in [0.25, 0.3) is 0 Å². The van der Waals surface area contributed by atoms with Gasteiger partial charge in [-0.1, -0.05) is 6.07 Å². The summed E-state index contributed by atoms with van der Waals surface area (Å²) in [6.45, 7) is 0.444. The number of benzene rings is 1. The normalized spacial score (nSPS) is 10.8. The number of hydrogen-bond acceptors (Lipinski definition) is 2. The van der Waals surface area contributed by atoms with E-state index in [1.165, 1.54) is 11.0 Å². The molecule has 2 rings (SSSR count). The van der Waals surface area contributed by atoms with E-state index >= 15 is 0 Å². The second-order valence-corrected chi connectivity index (χ2v) is 4.64. The van der Waals surface area contributed by atoms with Crippen molar-refractivity contribution in [3.05, 3.63) is 28.8 Å². The number of imidazole rings is 1. The smallest absolute Gasteiger partial charge is 0.223 e. The molecule has 1 heterocycles. The number of para-hydroxylation sites is 1. The number of aromatic nitrogens is 2. The number of nitrogens with zero attached hydrogens (tertiary/aromatic N) is 2. The number of fused-ring (bicyclic) bond motifs is 1. The van der Waals surface area contributed by atoms with E-state index in [-0.39, 0.29) is 11.7 Å². The Morgan fingerprint density at radius 1 is 1.50 bits per heavy atom. The van der Waals surface area contributed by atoms with E-state index in [4.69, 9.17) is 12.2 Å². The van der Waals surface area contributed by atoms with Crippen molar-refractivity contribution in [2.24, 2.45) is 0 Å². The number of rotatable bonds is 3. The van der Waals surface area contributed by atoms with Crippen molar-refractivity contribution in [2.45, 2.75) is 13.0 Å². The molecule has 0 bridgehead atoms. The first-order valence-electron chi connectivity index (χ1n) is 5.58. The van der Waals surface area contributed by atoms with Gasteiger partial charge in [0, 0.05) is 27.1 Å². The molecule has 1 amide bonds. The lowest BCUT2D eigenvalue weighted by Crippen LogP contribution is -2.22. The van der Waals surface area contributed by atoms with Gasteiger partial charge in [0.2, 0.25) is 5.91 Å². The van der Waals surface area contributed by atoms with Crippen molar-refractivity contribution < 1.29 is 9.18 Å². The van der Waals surface area contributed by atoms with Crippen molar-refractivity contribution in [3.8, 4) is 0 Å². The maximum atomic E-state index is 13.5. The van der Waals surface area contributed by atoms with Crippen molar-refractivity contribution in [3.63, 3.8) is 0 Å². The van der Waals surface area contributed by atoms with Crippen LogP contribution in [0.5, 0.6) is 0 Å². The summed E-state index contributed by atoms with van der Waals surface area (Å²) in [6, 6.07) is 4.79. The maximum Gasteiger partial charge on any atom is 0.223 e. The highest BCUT2D eigenvalue weighted by Crippen LogP contribution is 2.17. The Morgan fingerprint density at radius 2 is 2.22 bits per heavy atom. The lowest BCUT2D eigenvalue weighted by atomic mass is 10.3. The largest absolute Gasteiger partial charge is 0.349 e. The van der Waals surface area contributed by atoms with Gasteiger partial charge in [0.05, 0.1) is 5.52 Å². The third-order valence-corrected chi connectivity index (χ3v) is 3.13. The molecule has 1 aromatic heterocycles. The van der Waals surface area contributed by atoms with Crippen LogP contribution in [0.2, 0.25) is 0 Å². The SMILES string of the molecule is CN(C)C(=O)CCn1c(=S)[nH]c2c(F)cccc21. The molecule has 0 aliphatic rings. The van der Waals surface area contributed by atoms with Crippen molar-refractivity contribution in [1.29, 1.82) is 0 Å². The fraction of sp³-hybridized carbons (Fsp3) is 0.333. The first-order valence-corrected chi connectivity index (χ1v) is 5.98. The minimum Gasteiger partial charge on any atom is -0.349 e. The molecule has 0 unspecified atom stereocenters. The standard InChI is InChI=1S/C12H14FN3OS/c1-15(2)10(17)6-7-16-9-5-3-4-8(13)11(9)14-12(16)18/h3-5H,6-7H2,1-2H3,(H,14,18). The Kier molecular flexibility index (Phi) is 3.47. The molecule has 0 fully saturated rings. The number of aryl methyl sites for hydroxylation is 1. The van der Waals surface area contributed by atoms with Crippen LogP contribution >= 0.6 is 12.2 Å². The van der Waals surface area contributed by atoms with E-state index in [1.54, 1.807) is 30.8 Å². The maximum absolute atomic E-state index is 13.5. The zero-order valence-corrected chi connectivity index (χ0v) is 11.1. The Balaban J connectivity index is 2.34. The summed E-state index contributed by atoms with van der Waals surface area (Å²) >= 11 is 5.15. The lowest BCUT2D eigenvalue weighted by molar-refractivity contribution is -0.128. The first-order chi connectivity index (χ1) is 8.50. The number of aromatic amines is 1. The zero-order chi connectivity index (χ0) is 13.3. The molecule has 4 nitrogen and oxygen atoms in total. The van der Waals surface area contributed by atoms with Crippen LogP contribution in [0.15, 0.2) is 18.2 Å². The summed E-state index contributed by atoms with van der Waals surface area (Å²) in [5.41, 5.74) is 1.08. The molecule has 96 valence electrons. The quantitative estimate of drug-likeness (QED) is 0.867. The number of hydrogen-bond donors (Lipinski definition) is 1. The highest BCUT2D eigenvalue weighted by molar-refractivity contribution is 7.71. The molecule has 0 aliphatic heterocycles. The van der Waals surface area contributed by atoms with Crippen LogP contribution in [-0.2, 0) is 11.3 Å². The topological polar surface area (TPSA) is 41.0 Å². The molecule has 0 saturated heterocycles. The number of amides is 1. The van der Waals surface area contributed by atoms with Gasteiger partial charge in [-0.15, -0.1) is 0 Å². The Bertz CT molecular complexity index is 644. The van der Waals surface area contributed by atoms with Crippen LogP contribution < -0.4 is 0 Å². The van der Waals surface area contributed by atoms with Crippen LogP contribution in [0.1, 0.15) is 6.42 Å². The van der Waals surface area contributed by atoms with Crippen LogP contribution in [0, 0.1) is 10.6 Å². The second-order valence-electron chi connectivity index (χ2n) is 4.25. The molecule has 0 spiro atoms. The van der Waals surface area contributed by atoms with E-state index in [0.29, 0.717) is 28.8 Å². The van der Waals surface area contributed by atoms with Crippen LogP contribution in [0.3, 0.4) is 0 Å². The van der Waals surface area contributed by atoms with E-state index in [0.717, 1.165) is 0 Å². The van der Waals surface area contributed by atoms with Crippen molar-refractivity contribution in [1.82, 2.24) is 14.5 Å². The van der Waals surface area contributed by atoms with Gasteiger partial charge in [-0.2, -0.15) is 0 Å². The fourth-order valence-corrected chi connectivity index (χ4v) is 2.09. The number of H-pyrrole nitrogens is 1. The van der Waals surface area contributed by atoms with Gasteiger partial charge < -0.3 is 14.5 Å². The van der Waals surface area contributed by atoms with Crippen LogP contribution in [0.25, 0.3) is 11.0 Å². The molecule has 2 aromatic rings. The van der Waals surface area contributed by atoms with Crippen LogP contribution in [0.4, 0.5) is 4.39 Å². The molecule has 0 radical (unpaired) electrons. The minimum absolute atomic E-state index is 0.0163. The van der Waals surface area contributed by atoms with E-state index < -0.39 is 0 Å². The first kappa shape index (κ1) is 12.8. The third-order valence-electron chi connectivity index (χ3n) is 2.81. The Hall–Kier alpha value is -1.69. The molecular weight excluding hydrogens is 253 g/mol. The molecule has 0 saturated carbocycles. The average Bonchev–Trinajstić information content (AvgIpc) is 2.64. The summed E-state index contributed by atoms with van der Waals surface area (Å²) < 4.78 is 15.7. The Morgan fingerprint density at radius 3 is 2.89 bits per heavy atom. The molecule has 18 heavy (non-hydrogen) atoms. The van der Waals surface area contributed by atoms with Gasteiger partial charge in [-0.05, 0) is 24.4 Å². The highest BCUT2D eigenvalue weighted by atomic mass is 32.1. The van der Waals surface area contributed by atoms with E-state index in [1.807, 2.05) is 0 Å². The molecule has 0 aliphatic carbocycles. The Labute approximate surface area is 109 Å². The van der Waals surface area contributed by atoms with Crippen molar-refractivity contribution in [2.75, 3.05) is 14.1 Å². The van der Waals surface area contributed by atoms with Crippen molar-refractivity contribution >= 4 is 29.2 Å². The molecule has 0 atom stereocenters. The number of carbonyl (C=O) groups is 1. The number of halogens is 1. The summed E-state index contributed by atoms with van der Waals surface area (Å²) in [4.78, 5) is 15.9. The lowest BCUT2D eigenvalue weighted by Gasteiger charge is -2.10. The minimum atomic E-state index is -0.337. The molecular formula is C12H14FN3OS. The van der Waals surface area contributed by atoms with E-state index in [2.05, 4.69) is 4.98 Å². The second kappa shape index (κ2) is 4.89. The number of nitrogens with one attached hydrogen (secondary N) is 1. The monoisotopic (exact) mass is 267 g/mol. The molecule has 1 aromatic carbocycles. The summed E-state index contributed by atoms with van der Waals surface area (Å²) in [6.07, 6.45) is 0.338. The fourth-order valence-electron chi connectivity index (χ4n) is 1.80. The van der Waals surface area contributed by atoms with Gasteiger partial charge in [-0.25, -0.2) is 4.39 Å². The van der Waals surface area contributed by atoms with E-state index in [9.17, 15) is 9.18 Å². The summed E-state index contributed by atoms with van der Waals surface area (Å²) in [5.74, 6) is -0.320. The van der Waals surface area contributed by atoms with Gasteiger partial charge in [0.15, 0.2) is 4.77 Å². The average molecular weight is 267 g/mol. The zero-order valence-electron chi connectivity index (χ0n) is 10.2. The van der Waals surface area contributed by atoms with Gasteiger partial charge in [-0.3, -0.25) is 4.79 Å². The predicted molar refractivity (Wildman–Crippen MR) is 70.4 cm³/mol.